The van der Waals surface area contributed by atoms with E-state index in [0.29, 0.717) is 31.9 Å². The fourth-order valence-corrected chi connectivity index (χ4v) is 2.07. The monoisotopic (exact) mass is 291 g/mol. The van der Waals surface area contributed by atoms with Crippen molar-refractivity contribution in [3.8, 4) is 0 Å². The summed E-state index contributed by atoms with van der Waals surface area (Å²) in [5.74, 6) is -1.93. The molecule has 110 valence electrons. The molecule has 0 aromatic heterocycles. The fourth-order valence-electron chi connectivity index (χ4n) is 2.07. The molecule has 1 aromatic carbocycles. The Morgan fingerprint density at radius 3 is 2.70 bits per heavy atom. The van der Waals surface area contributed by atoms with Gasteiger partial charge in [0.1, 0.15) is 5.82 Å². The topological polar surface area (TPSA) is 29.5 Å². The van der Waals surface area contributed by atoms with E-state index >= 15 is 0 Å². The molecule has 0 N–H and O–H groups in total. The van der Waals surface area contributed by atoms with Gasteiger partial charge >= 0.3 is 6.18 Å². The fraction of sp³-hybridized carbons (Fsp3) is 0.462. The third-order valence-corrected chi connectivity index (χ3v) is 3.15. The average Bonchev–Trinajstić information content (AvgIpc) is 2.37. The number of amides is 1. The summed E-state index contributed by atoms with van der Waals surface area (Å²) in [6, 6.07) is 2.06. The van der Waals surface area contributed by atoms with E-state index in [1.807, 2.05) is 0 Å². The van der Waals surface area contributed by atoms with Crippen molar-refractivity contribution < 1.29 is 27.1 Å². The summed E-state index contributed by atoms with van der Waals surface area (Å²) in [6.45, 7) is 2.71. The lowest BCUT2D eigenvalue weighted by Crippen LogP contribution is -2.47. The average molecular weight is 291 g/mol. The number of carbonyl (C=O) groups is 1. The number of morpholine rings is 1. The lowest BCUT2D eigenvalue weighted by Gasteiger charge is -2.33. The molecule has 3 nitrogen and oxygen atoms in total. The van der Waals surface area contributed by atoms with Gasteiger partial charge in [0.2, 0.25) is 0 Å². The highest BCUT2D eigenvalue weighted by Gasteiger charge is 2.35. The zero-order chi connectivity index (χ0) is 14.9. The predicted octanol–water partition coefficient (Wildman–Crippen LogP) is 2.71. The Morgan fingerprint density at radius 1 is 1.40 bits per heavy atom. The molecule has 1 amide bonds. The van der Waals surface area contributed by atoms with Crippen molar-refractivity contribution in [1.29, 1.82) is 0 Å². The summed E-state index contributed by atoms with van der Waals surface area (Å²) in [5, 5.41) is 0. The van der Waals surface area contributed by atoms with Gasteiger partial charge in [0.15, 0.2) is 0 Å². The molecule has 20 heavy (non-hydrogen) atoms. The van der Waals surface area contributed by atoms with Crippen LogP contribution in [-0.2, 0) is 10.9 Å². The second-order valence-corrected chi connectivity index (χ2v) is 4.61. The van der Waals surface area contributed by atoms with Crippen LogP contribution in [-0.4, -0.2) is 36.6 Å². The minimum absolute atomic E-state index is 0.174. The van der Waals surface area contributed by atoms with Crippen molar-refractivity contribution in [1.82, 2.24) is 4.90 Å². The molecule has 7 heteroatoms. The van der Waals surface area contributed by atoms with E-state index in [4.69, 9.17) is 4.74 Å². The van der Waals surface area contributed by atoms with Gasteiger partial charge in [-0.05, 0) is 25.1 Å². The lowest BCUT2D eigenvalue weighted by atomic mass is 10.1. The number of benzene rings is 1. The van der Waals surface area contributed by atoms with Crippen molar-refractivity contribution in [3.05, 3.63) is 35.1 Å². The van der Waals surface area contributed by atoms with Crippen LogP contribution < -0.4 is 0 Å². The zero-order valence-corrected chi connectivity index (χ0v) is 10.7. The lowest BCUT2D eigenvalue weighted by molar-refractivity contribution is -0.140. The van der Waals surface area contributed by atoms with E-state index in [-0.39, 0.29) is 11.6 Å². The Bertz CT molecular complexity index is 516. The number of alkyl halides is 3. The molecule has 0 saturated carbocycles. The molecule has 1 aliphatic rings. The summed E-state index contributed by atoms with van der Waals surface area (Å²) in [7, 11) is 0. The van der Waals surface area contributed by atoms with Crippen LogP contribution in [0.5, 0.6) is 0 Å². The number of rotatable bonds is 1. The van der Waals surface area contributed by atoms with E-state index in [2.05, 4.69) is 0 Å². The highest BCUT2D eigenvalue weighted by Crippen LogP contribution is 2.32. The van der Waals surface area contributed by atoms with E-state index in [1.165, 1.54) is 4.90 Å². The van der Waals surface area contributed by atoms with Crippen molar-refractivity contribution in [2.24, 2.45) is 0 Å². The van der Waals surface area contributed by atoms with Crippen molar-refractivity contribution in [3.63, 3.8) is 0 Å². The first kappa shape index (κ1) is 14.8. The Kier molecular flexibility index (Phi) is 3.99. The van der Waals surface area contributed by atoms with Crippen LogP contribution in [0.1, 0.15) is 22.8 Å². The van der Waals surface area contributed by atoms with Gasteiger partial charge in [-0.25, -0.2) is 4.39 Å². The van der Waals surface area contributed by atoms with Crippen molar-refractivity contribution in [2.45, 2.75) is 19.1 Å². The number of hydrogen-bond donors (Lipinski definition) is 0. The van der Waals surface area contributed by atoms with Gasteiger partial charge in [-0.15, -0.1) is 0 Å². The third kappa shape index (κ3) is 2.92. The molecule has 0 radical (unpaired) electrons. The third-order valence-electron chi connectivity index (χ3n) is 3.15. The van der Waals surface area contributed by atoms with E-state index in [0.717, 1.165) is 6.07 Å². The summed E-state index contributed by atoms with van der Waals surface area (Å²) in [4.78, 5) is 13.6. The maximum atomic E-state index is 13.2. The minimum atomic E-state index is -4.82. The molecule has 0 bridgehead atoms. The number of halogens is 4. The minimum Gasteiger partial charge on any atom is -0.377 e. The molecule has 1 atom stereocenters. The highest BCUT2D eigenvalue weighted by atomic mass is 19.4. The first-order chi connectivity index (χ1) is 9.30. The molecule has 2 rings (SSSR count). The maximum absolute atomic E-state index is 13.2. The molecular weight excluding hydrogens is 278 g/mol. The molecule has 0 unspecified atom stereocenters. The summed E-state index contributed by atoms with van der Waals surface area (Å²) in [6.07, 6.45) is -4.82. The predicted molar refractivity (Wildman–Crippen MR) is 62.7 cm³/mol. The largest absolute Gasteiger partial charge is 0.419 e. The Morgan fingerprint density at radius 2 is 2.10 bits per heavy atom. The summed E-state index contributed by atoms with van der Waals surface area (Å²) >= 11 is 0. The first-order valence-corrected chi connectivity index (χ1v) is 6.06. The maximum Gasteiger partial charge on any atom is 0.419 e. The van der Waals surface area contributed by atoms with Gasteiger partial charge in [0.25, 0.3) is 5.91 Å². The Hall–Kier alpha value is -1.63. The molecule has 1 aromatic rings. The van der Waals surface area contributed by atoms with Gasteiger partial charge in [-0.1, -0.05) is 0 Å². The highest BCUT2D eigenvalue weighted by molar-refractivity contribution is 5.94. The molecule has 0 spiro atoms. The van der Waals surface area contributed by atoms with Crippen molar-refractivity contribution in [2.75, 3.05) is 19.8 Å². The Balaban J connectivity index is 2.31. The van der Waals surface area contributed by atoms with Gasteiger partial charge in [-0.2, -0.15) is 13.2 Å². The van der Waals surface area contributed by atoms with E-state index in [1.54, 1.807) is 6.92 Å². The molecule has 1 heterocycles. The van der Waals surface area contributed by atoms with Gasteiger partial charge in [0.05, 0.1) is 24.8 Å². The second kappa shape index (κ2) is 5.40. The number of ether oxygens (including phenoxy) is 1. The molecular formula is C13H13F4NO2. The smallest absolute Gasteiger partial charge is 0.377 e. The van der Waals surface area contributed by atoms with Crippen LogP contribution in [0.25, 0.3) is 0 Å². The van der Waals surface area contributed by atoms with Gasteiger partial charge in [0, 0.05) is 12.1 Å². The zero-order valence-electron chi connectivity index (χ0n) is 10.7. The van der Waals surface area contributed by atoms with E-state index < -0.39 is 23.5 Å². The second-order valence-electron chi connectivity index (χ2n) is 4.61. The van der Waals surface area contributed by atoms with Crippen LogP contribution >= 0.6 is 0 Å². The Labute approximate surface area is 113 Å². The van der Waals surface area contributed by atoms with Crippen molar-refractivity contribution >= 4 is 5.91 Å². The summed E-state index contributed by atoms with van der Waals surface area (Å²) in [5.41, 5.74) is -1.60. The van der Waals surface area contributed by atoms with Crippen LogP contribution in [0.15, 0.2) is 18.2 Å². The van der Waals surface area contributed by atoms with E-state index in [9.17, 15) is 22.4 Å². The number of carbonyl (C=O) groups excluding carboxylic acids is 1. The standard InChI is InChI=1S/C13H13F4NO2/c1-8-7-20-5-4-18(8)12(19)9-2-3-11(14)10(6-9)13(15,16)17/h2-3,6,8H,4-5,7H2,1H3/t8-/m1/s1. The van der Waals surface area contributed by atoms with Crippen LogP contribution in [0.2, 0.25) is 0 Å². The normalized spacial score (nSPS) is 20.1. The number of nitrogens with zero attached hydrogens (tertiary/aromatic N) is 1. The molecule has 1 fully saturated rings. The van der Waals surface area contributed by atoms with Gasteiger partial charge in [-0.3, -0.25) is 4.79 Å². The molecule has 0 aliphatic carbocycles. The molecule has 1 saturated heterocycles. The quantitative estimate of drug-likeness (QED) is 0.745. The van der Waals surface area contributed by atoms with Crippen LogP contribution in [0.4, 0.5) is 17.6 Å². The molecule has 1 aliphatic heterocycles. The summed E-state index contributed by atoms with van der Waals surface area (Å²) < 4.78 is 56.2. The van der Waals surface area contributed by atoms with Crippen LogP contribution in [0, 0.1) is 5.82 Å². The van der Waals surface area contributed by atoms with Crippen LogP contribution in [0.3, 0.4) is 0 Å². The number of hydrogen-bond acceptors (Lipinski definition) is 2. The first-order valence-electron chi connectivity index (χ1n) is 6.06. The van der Waals surface area contributed by atoms with Gasteiger partial charge < -0.3 is 9.64 Å². The SMILES string of the molecule is C[C@@H]1COCCN1C(=O)c1ccc(F)c(C(F)(F)F)c1.